The maximum absolute atomic E-state index is 12.3. The maximum Gasteiger partial charge on any atom is 0.225 e. The lowest BCUT2D eigenvalue weighted by molar-refractivity contribution is -0.126. The average Bonchev–Trinajstić information content (AvgIpc) is 2.57. The molecule has 0 unspecified atom stereocenters. The highest BCUT2D eigenvalue weighted by molar-refractivity contribution is 6.30. The maximum atomic E-state index is 12.3. The summed E-state index contributed by atoms with van der Waals surface area (Å²) in [6.45, 7) is 3.09. The summed E-state index contributed by atoms with van der Waals surface area (Å²) in [7, 11) is 0. The number of halogens is 1. The van der Waals surface area contributed by atoms with E-state index in [-0.39, 0.29) is 17.9 Å². The lowest BCUT2D eigenvalue weighted by Crippen LogP contribution is -2.45. The fourth-order valence-electron chi connectivity index (χ4n) is 2.97. The highest BCUT2D eigenvalue weighted by Gasteiger charge is 2.27. The fourth-order valence-corrected chi connectivity index (χ4v) is 3.07. The van der Waals surface area contributed by atoms with Crippen molar-refractivity contribution in [2.24, 2.45) is 5.92 Å². The van der Waals surface area contributed by atoms with Crippen molar-refractivity contribution in [1.82, 2.24) is 15.3 Å². The molecule has 0 bridgehead atoms. The van der Waals surface area contributed by atoms with Crippen LogP contribution < -0.4 is 10.2 Å². The number of carbonyl (C=O) groups excluding carboxylic acids is 1. The Kier molecular flexibility index (Phi) is 5.10. The van der Waals surface area contributed by atoms with Gasteiger partial charge in [-0.2, -0.15) is 0 Å². The van der Waals surface area contributed by atoms with Gasteiger partial charge in [0.1, 0.15) is 0 Å². The first-order valence-electron chi connectivity index (χ1n) is 7.83. The predicted molar refractivity (Wildman–Crippen MR) is 84.0 cm³/mol. The minimum atomic E-state index is 0.0893. The normalized spacial score (nSPS) is 20.9. The van der Waals surface area contributed by atoms with Gasteiger partial charge in [-0.25, -0.2) is 9.97 Å². The molecule has 7 heteroatoms. The Morgan fingerprint density at radius 3 is 2.45 bits per heavy atom. The third-order valence-corrected chi connectivity index (χ3v) is 4.52. The van der Waals surface area contributed by atoms with Gasteiger partial charge in [0.25, 0.3) is 0 Å². The second-order valence-electron chi connectivity index (χ2n) is 5.86. The molecule has 0 atom stereocenters. The van der Waals surface area contributed by atoms with Gasteiger partial charge in [0.15, 0.2) is 0 Å². The molecule has 1 aromatic heterocycles. The van der Waals surface area contributed by atoms with E-state index in [4.69, 9.17) is 16.3 Å². The number of nitrogens with zero attached hydrogens (tertiary/aromatic N) is 3. The molecule has 120 valence electrons. The van der Waals surface area contributed by atoms with Gasteiger partial charge >= 0.3 is 0 Å². The Balaban J connectivity index is 1.48. The lowest BCUT2D eigenvalue weighted by atomic mass is 9.95. The van der Waals surface area contributed by atoms with Crippen LogP contribution in [0.4, 0.5) is 5.95 Å². The number of hydrogen-bond acceptors (Lipinski definition) is 5. The molecule has 22 heavy (non-hydrogen) atoms. The summed E-state index contributed by atoms with van der Waals surface area (Å²) >= 11 is 5.80. The van der Waals surface area contributed by atoms with Crippen molar-refractivity contribution in [3.63, 3.8) is 0 Å². The molecule has 3 rings (SSSR count). The molecule has 0 aliphatic carbocycles. The van der Waals surface area contributed by atoms with Crippen molar-refractivity contribution >= 4 is 23.5 Å². The summed E-state index contributed by atoms with van der Waals surface area (Å²) < 4.78 is 5.32. The van der Waals surface area contributed by atoms with E-state index in [1.165, 1.54) is 0 Å². The molecule has 1 N–H and O–H groups in total. The number of aromatic nitrogens is 2. The highest BCUT2D eigenvalue weighted by Crippen LogP contribution is 2.21. The monoisotopic (exact) mass is 324 g/mol. The Morgan fingerprint density at radius 1 is 1.18 bits per heavy atom. The molecule has 2 fully saturated rings. The number of carbonyl (C=O) groups is 1. The number of hydrogen-bond donors (Lipinski definition) is 1. The highest BCUT2D eigenvalue weighted by atomic mass is 35.5. The molecule has 3 heterocycles. The van der Waals surface area contributed by atoms with Crippen molar-refractivity contribution in [3.05, 3.63) is 17.4 Å². The number of nitrogens with one attached hydrogen (secondary N) is 1. The van der Waals surface area contributed by atoms with Crippen molar-refractivity contribution in [1.29, 1.82) is 0 Å². The first kappa shape index (κ1) is 15.5. The number of anilines is 1. The zero-order valence-corrected chi connectivity index (χ0v) is 13.3. The molecule has 2 aliphatic rings. The van der Waals surface area contributed by atoms with Crippen LogP contribution in [-0.4, -0.2) is 48.2 Å². The second kappa shape index (κ2) is 7.24. The standard InChI is InChI=1S/C15H21ClN4O2/c16-12-9-17-15(18-10-12)20-5-1-11(2-6-20)14(21)19-13-3-7-22-8-4-13/h9-11,13H,1-8H2,(H,19,21). The van der Waals surface area contributed by atoms with Gasteiger partial charge in [0.05, 0.1) is 17.4 Å². The molecule has 2 aliphatic heterocycles. The van der Waals surface area contributed by atoms with Crippen LogP contribution in [-0.2, 0) is 9.53 Å². The first-order valence-corrected chi connectivity index (χ1v) is 8.21. The van der Waals surface area contributed by atoms with Crippen LogP contribution in [0.3, 0.4) is 0 Å². The molecule has 0 radical (unpaired) electrons. The summed E-state index contributed by atoms with van der Waals surface area (Å²) in [4.78, 5) is 22.9. The van der Waals surface area contributed by atoms with Crippen molar-refractivity contribution < 1.29 is 9.53 Å². The topological polar surface area (TPSA) is 67.3 Å². The number of ether oxygens (including phenoxy) is 1. The fraction of sp³-hybridized carbons (Fsp3) is 0.667. The van der Waals surface area contributed by atoms with Crippen LogP contribution in [0.15, 0.2) is 12.4 Å². The third kappa shape index (κ3) is 3.87. The van der Waals surface area contributed by atoms with Crippen LogP contribution in [0.2, 0.25) is 5.02 Å². The summed E-state index contributed by atoms with van der Waals surface area (Å²) in [5.41, 5.74) is 0. The summed E-state index contributed by atoms with van der Waals surface area (Å²) in [6, 6.07) is 0.277. The lowest BCUT2D eigenvalue weighted by Gasteiger charge is -2.32. The van der Waals surface area contributed by atoms with E-state index in [0.29, 0.717) is 11.0 Å². The molecular weight excluding hydrogens is 304 g/mol. The van der Waals surface area contributed by atoms with Gasteiger partial charge in [-0.3, -0.25) is 4.79 Å². The summed E-state index contributed by atoms with van der Waals surface area (Å²) in [5.74, 6) is 0.961. The molecule has 1 amide bonds. The third-order valence-electron chi connectivity index (χ3n) is 4.32. The SMILES string of the molecule is O=C(NC1CCOCC1)C1CCN(c2ncc(Cl)cn2)CC1. The Morgan fingerprint density at radius 2 is 1.82 bits per heavy atom. The van der Waals surface area contributed by atoms with Crippen molar-refractivity contribution in [3.8, 4) is 0 Å². The molecular formula is C15H21ClN4O2. The van der Waals surface area contributed by atoms with Crippen LogP contribution >= 0.6 is 11.6 Å². The zero-order chi connectivity index (χ0) is 15.4. The molecule has 6 nitrogen and oxygen atoms in total. The minimum Gasteiger partial charge on any atom is -0.381 e. The van der Waals surface area contributed by atoms with E-state index < -0.39 is 0 Å². The zero-order valence-electron chi connectivity index (χ0n) is 12.5. The Labute approximate surface area is 135 Å². The van der Waals surface area contributed by atoms with Crippen LogP contribution in [0, 0.1) is 5.92 Å². The Bertz CT molecular complexity index is 497. The van der Waals surface area contributed by atoms with E-state index in [9.17, 15) is 4.79 Å². The number of amides is 1. The number of piperidine rings is 1. The average molecular weight is 325 g/mol. The van der Waals surface area contributed by atoms with Gasteiger partial charge in [-0.05, 0) is 25.7 Å². The van der Waals surface area contributed by atoms with Gasteiger partial charge in [0.2, 0.25) is 11.9 Å². The smallest absolute Gasteiger partial charge is 0.225 e. The van der Waals surface area contributed by atoms with E-state index in [2.05, 4.69) is 20.2 Å². The number of rotatable bonds is 3. The summed E-state index contributed by atoms with van der Waals surface area (Å²) in [6.07, 6.45) is 6.72. The predicted octanol–water partition coefficient (Wildman–Crippen LogP) is 1.64. The van der Waals surface area contributed by atoms with Gasteiger partial charge in [0, 0.05) is 38.3 Å². The Hall–Kier alpha value is -1.40. The van der Waals surface area contributed by atoms with E-state index in [1.807, 2.05) is 0 Å². The van der Waals surface area contributed by atoms with Gasteiger partial charge < -0.3 is 15.0 Å². The van der Waals surface area contributed by atoms with Gasteiger partial charge in [-0.15, -0.1) is 0 Å². The van der Waals surface area contributed by atoms with E-state index in [1.54, 1.807) is 12.4 Å². The van der Waals surface area contributed by atoms with E-state index >= 15 is 0 Å². The molecule has 0 spiro atoms. The molecule has 2 saturated heterocycles. The first-order chi connectivity index (χ1) is 10.7. The van der Waals surface area contributed by atoms with Crippen molar-refractivity contribution in [2.75, 3.05) is 31.2 Å². The molecule has 0 saturated carbocycles. The molecule has 1 aromatic rings. The van der Waals surface area contributed by atoms with Crippen molar-refractivity contribution in [2.45, 2.75) is 31.7 Å². The second-order valence-corrected chi connectivity index (χ2v) is 6.29. The van der Waals surface area contributed by atoms with Crippen LogP contribution in [0.25, 0.3) is 0 Å². The van der Waals surface area contributed by atoms with Gasteiger partial charge in [-0.1, -0.05) is 11.6 Å². The van der Waals surface area contributed by atoms with Crippen LogP contribution in [0.1, 0.15) is 25.7 Å². The largest absolute Gasteiger partial charge is 0.381 e. The van der Waals surface area contributed by atoms with E-state index in [0.717, 1.165) is 52.0 Å². The molecule has 0 aromatic carbocycles. The quantitative estimate of drug-likeness (QED) is 0.915. The summed E-state index contributed by atoms with van der Waals surface area (Å²) in [5, 5.41) is 3.70. The minimum absolute atomic E-state index is 0.0893. The van der Waals surface area contributed by atoms with Crippen LogP contribution in [0.5, 0.6) is 0 Å².